The fourth-order valence-electron chi connectivity index (χ4n) is 2.77. The number of anilines is 1. The van der Waals surface area contributed by atoms with Gasteiger partial charge in [-0.05, 0) is 52.2 Å². The Labute approximate surface area is 154 Å². The molecule has 1 aliphatic heterocycles. The van der Waals surface area contributed by atoms with Crippen molar-refractivity contribution >= 4 is 23.3 Å². The molecule has 1 atom stereocenters. The summed E-state index contributed by atoms with van der Waals surface area (Å²) in [5.74, 6) is 0.171. The lowest BCUT2D eigenvalue weighted by atomic mass is 10.0. The van der Waals surface area contributed by atoms with E-state index in [0.717, 1.165) is 13.0 Å². The lowest BCUT2D eigenvalue weighted by Crippen LogP contribution is -2.42. The molecular formula is C19H27N3O4. The van der Waals surface area contributed by atoms with Gasteiger partial charge in [-0.15, -0.1) is 0 Å². The molecule has 1 N–H and O–H groups in total. The first-order chi connectivity index (χ1) is 12.3. The van der Waals surface area contributed by atoms with Crippen LogP contribution >= 0.6 is 0 Å². The zero-order valence-corrected chi connectivity index (χ0v) is 15.9. The Morgan fingerprint density at radius 1 is 1.27 bits per heavy atom. The summed E-state index contributed by atoms with van der Waals surface area (Å²) in [7, 11) is 5.63. The number of Topliss-reactive ketones (excluding diaryl/α,β-unsaturated/α-hetero) is 1. The minimum atomic E-state index is -0.537. The molecular weight excluding hydrogens is 334 g/mol. The van der Waals surface area contributed by atoms with Crippen LogP contribution in [0.5, 0.6) is 5.75 Å². The Kier molecular flexibility index (Phi) is 6.74. The van der Waals surface area contributed by atoms with E-state index in [-0.39, 0.29) is 30.4 Å². The number of carbonyl (C=O) groups excluding carboxylic acids is 3. The number of ether oxygens (including phenoxy) is 1. The molecule has 0 spiro atoms. The van der Waals surface area contributed by atoms with E-state index in [9.17, 15) is 14.4 Å². The van der Waals surface area contributed by atoms with E-state index < -0.39 is 6.10 Å². The summed E-state index contributed by atoms with van der Waals surface area (Å²) in [6.07, 6.45) is 0.620. The number of amides is 2. The highest BCUT2D eigenvalue weighted by Gasteiger charge is 2.29. The Balaban J connectivity index is 1.88. The van der Waals surface area contributed by atoms with Gasteiger partial charge in [-0.3, -0.25) is 14.4 Å². The van der Waals surface area contributed by atoms with E-state index in [1.807, 2.05) is 14.1 Å². The molecule has 142 valence electrons. The summed E-state index contributed by atoms with van der Waals surface area (Å²) in [5, 5.41) is 2.82. The third-order valence-corrected chi connectivity index (χ3v) is 4.31. The Hall–Kier alpha value is -2.41. The van der Waals surface area contributed by atoms with Crippen LogP contribution in [0.2, 0.25) is 0 Å². The first-order valence-corrected chi connectivity index (χ1v) is 8.82. The van der Waals surface area contributed by atoms with Crippen LogP contribution in [0.3, 0.4) is 0 Å². The molecule has 0 aliphatic carbocycles. The lowest BCUT2D eigenvalue weighted by molar-refractivity contribution is -0.125. The van der Waals surface area contributed by atoms with Gasteiger partial charge in [0.25, 0.3) is 5.91 Å². The summed E-state index contributed by atoms with van der Waals surface area (Å²) in [6.45, 7) is 3.20. The van der Waals surface area contributed by atoms with Crippen molar-refractivity contribution in [2.75, 3.05) is 39.1 Å². The van der Waals surface area contributed by atoms with Gasteiger partial charge in [-0.25, -0.2) is 0 Å². The zero-order chi connectivity index (χ0) is 19.3. The number of nitrogens with zero attached hydrogens (tertiary/aromatic N) is 2. The van der Waals surface area contributed by atoms with Gasteiger partial charge in [0.1, 0.15) is 5.75 Å². The quantitative estimate of drug-likeness (QED) is 0.560. The van der Waals surface area contributed by atoms with E-state index in [1.54, 1.807) is 32.2 Å². The molecule has 0 bridgehead atoms. The Morgan fingerprint density at radius 3 is 2.69 bits per heavy atom. The van der Waals surface area contributed by atoms with Gasteiger partial charge < -0.3 is 19.9 Å². The molecule has 0 fully saturated rings. The highest BCUT2D eigenvalue weighted by molar-refractivity contribution is 6.03. The number of benzene rings is 1. The second-order valence-electron chi connectivity index (χ2n) is 6.77. The maximum absolute atomic E-state index is 12.4. The highest BCUT2D eigenvalue weighted by atomic mass is 16.5. The van der Waals surface area contributed by atoms with Gasteiger partial charge in [0, 0.05) is 32.0 Å². The molecule has 26 heavy (non-hydrogen) atoms. The van der Waals surface area contributed by atoms with Crippen molar-refractivity contribution < 1.29 is 19.1 Å². The average Bonchev–Trinajstić information content (AvgIpc) is 2.61. The number of nitrogens with one attached hydrogen (secondary N) is 1. The van der Waals surface area contributed by atoms with Crippen LogP contribution in [-0.2, 0) is 9.59 Å². The maximum atomic E-state index is 12.4. The number of fused-ring (bicyclic) bond motifs is 1. The molecule has 0 aromatic heterocycles. The summed E-state index contributed by atoms with van der Waals surface area (Å²) in [6, 6.07) is 5.02. The monoisotopic (exact) mass is 361 g/mol. The molecule has 1 aliphatic rings. The van der Waals surface area contributed by atoms with Crippen molar-refractivity contribution in [3.63, 3.8) is 0 Å². The van der Waals surface area contributed by atoms with E-state index >= 15 is 0 Å². The minimum Gasteiger partial charge on any atom is -0.479 e. The first kappa shape index (κ1) is 19.9. The summed E-state index contributed by atoms with van der Waals surface area (Å²) in [4.78, 5) is 39.8. The molecule has 2 rings (SSSR count). The predicted octanol–water partition coefficient (Wildman–Crippen LogP) is 1.46. The third kappa shape index (κ3) is 5.05. The van der Waals surface area contributed by atoms with Crippen molar-refractivity contribution in [2.45, 2.75) is 32.3 Å². The molecule has 0 saturated heterocycles. The van der Waals surface area contributed by atoms with Crippen molar-refractivity contribution in [3.8, 4) is 5.75 Å². The highest BCUT2D eigenvalue weighted by Crippen LogP contribution is 2.34. The second-order valence-corrected chi connectivity index (χ2v) is 6.77. The molecule has 1 aromatic rings. The molecule has 1 unspecified atom stereocenters. The Bertz CT molecular complexity index is 687. The van der Waals surface area contributed by atoms with Crippen molar-refractivity contribution in [2.24, 2.45) is 0 Å². The van der Waals surface area contributed by atoms with Crippen molar-refractivity contribution in [1.29, 1.82) is 0 Å². The fraction of sp³-hybridized carbons (Fsp3) is 0.526. The van der Waals surface area contributed by atoms with Gasteiger partial charge in [-0.1, -0.05) is 0 Å². The largest absolute Gasteiger partial charge is 0.479 e. The van der Waals surface area contributed by atoms with Crippen molar-refractivity contribution in [1.82, 2.24) is 10.2 Å². The van der Waals surface area contributed by atoms with Crippen LogP contribution in [0.15, 0.2) is 18.2 Å². The first-order valence-electron chi connectivity index (χ1n) is 8.82. The van der Waals surface area contributed by atoms with E-state index in [1.165, 1.54) is 4.90 Å². The molecule has 7 nitrogen and oxygen atoms in total. The van der Waals surface area contributed by atoms with Crippen LogP contribution in [-0.4, -0.2) is 62.8 Å². The Morgan fingerprint density at radius 2 is 2.00 bits per heavy atom. The topological polar surface area (TPSA) is 79.0 Å². The number of carbonyl (C=O) groups is 3. The second kappa shape index (κ2) is 8.80. The van der Waals surface area contributed by atoms with Crippen molar-refractivity contribution in [3.05, 3.63) is 23.8 Å². The van der Waals surface area contributed by atoms with Gasteiger partial charge in [0.15, 0.2) is 11.9 Å². The van der Waals surface area contributed by atoms with Gasteiger partial charge in [-0.2, -0.15) is 0 Å². The fourth-order valence-corrected chi connectivity index (χ4v) is 2.77. The number of hydrogen-bond acceptors (Lipinski definition) is 5. The van der Waals surface area contributed by atoms with Gasteiger partial charge in [0.2, 0.25) is 5.91 Å². The minimum absolute atomic E-state index is 0.125. The molecule has 0 radical (unpaired) electrons. The van der Waals surface area contributed by atoms with E-state index in [2.05, 4.69) is 10.2 Å². The summed E-state index contributed by atoms with van der Waals surface area (Å²) >= 11 is 0. The van der Waals surface area contributed by atoms with Crippen LogP contribution in [0.4, 0.5) is 5.69 Å². The zero-order valence-electron chi connectivity index (χ0n) is 15.9. The normalized spacial score (nSPS) is 16.3. The average molecular weight is 361 g/mol. The predicted molar refractivity (Wildman–Crippen MR) is 99.7 cm³/mol. The summed E-state index contributed by atoms with van der Waals surface area (Å²) in [5.41, 5.74) is 1.05. The van der Waals surface area contributed by atoms with Crippen LogP contribution in [0.25, 0.3) is 0 Å². The van der Waals surface area contributed by atoms with Crippen LogP contribution in [0.1, 0.15) is 36.5 Å². The number of rotatable bonds is 8. The van der Waals surface area contributed by atoms with Crippen LogP contribution < -0.4 is 15.0 Å². The molecule has 2 amide bonds. The molecule has 7 heteroatoms. The SMILES string of the molecule is CC1Oc2ccc(C(=O)CCC(=O)NCCCN(C)C)cc2N(C)C1=O. The van der Waals surface area contributed by atoms with Gasteiger partial charge >= 0.3 is 0 Å². The summed E-state index contributed by atoms with van der Waals surface area (Å²) < 4.78 is 5.55. The number of hydrogen-bond donors (Lipinski definition) is 1. The molecule has 1 heterocycles. The number of likely N-dealkylation sites (N-methyl/N-ethyl adjacent to an activating group) is 1. The third-order valence-electron chi connectivity index (χ3n) is 4.31. The van der Waals surface area contributed by atoms with E-state index in [4.69, 9.17) is 4.74 Å². The lowest BCUT2D eigenvalue weighted by Gasteiger charge is -2.30. The standard InChI is InChI=1S/C19H27N3O4/c1-13-19(25)22(4)15-12-14(6-8-17(15)26-13)16(23)7-9-18(24)20-10-5-11-21(2)3/h6,8,12-13H,5,7,9-11H2,1-4H3,(H,20,24). The number of ketones is 1. The molecule has 0 saturated carbocycles. The van der Waals surface area contributed by atoms with Crippen LogP contribution in [0, 0.1) is 0 Å². The van der Waals surface area contributed by atoms with E-state index in [0.29, 0.717) is 23.5 Å². The van der Waals surface area contributed by atoms with Gasteiger partial charge in [0.05, 0.1) is 5.69 Å². The smallest absolute Gasteiger partial charge is 0.267 e. The maximum Gasteiger partial charge on any atom is 0.267 e. The molecule has 1 aromatic carbocycles.